The quantitative estimate of drug-likeness (QED) is 0.658. The molecule has 0 aromatic heterocycles. The fraction of sp³-hybridized carbons (Fsp3) is 0.429. The van der Waals surface area contributed by atoms with Crippen molar-refractivity contribution in [3.05, 3.63) is 28.7 Å². The van der Waals surface area contributed by atoms with Gasteiger partial charge in [0.2, 0.25) is 10.0 Å². The van der Waals surface area contributed by atoms with Gasteiger partial charge in [-0.2, -0.15) is 4.72 Å². The summed E-state index contributed by atoms with van der Waals surface area (Å²) < 4.78 is 31.7. The van der Waals surface area contributed by atoms with Crippen LogP contribution in [0, 0.1) is 0 Å². The van der Waals surface area contributed by atoms with Gasteiger partial charge in [0.1, 0.15) is 6.54 Å². The number of hydrogen-bond acceptors (Lipinski definition) is 5. The van der Waals surface area contributed by atoms with Crippen LogP contribution >= 0.6 is 15.9 Å². The number of carbonyl (C=O) groups excluding carboxylic acids is 2. The average molecular weight is 405 g/mol. The predicted molar refractivity (Wildman–Crippen MR) is 86.0 cm³/mol. The molecule has 126 valence electrons. The molecule has 1 saturated carbocycles. The second-order valence-corrected chi connectivity index (χ2v) is 7.76. The molecule has 1 aliphatic carbocycles. The van der Waals surface area contributed by atoms with Crippen molar-refractivity contribution in [1.29, 1.82) is 0 Å². The first kappa shape index (κ1) is 17.9. The van der Waals surface area contributed by atoms with E-state index in [1.165, 1.54) is 13.0 Å². The molecule has 2 N–H and O–H groups in total. The van der Waals surface area contributed by atoms with Gasteiger partial charge >= 0.3 is 5.97 Å². The molecular weight excluding hydrogens is 388 g/mol. The average Bonchev–Trinajstić information content (AvgIpc) is 3.29. The number of halogens is 1. The van der Waals surface area contributed by atoms with Crippen molar-refractivity contribution in [2.75, 3.05) is 6.54 Å². The topological polar surface area (TPSA) is 102 Å². The zero-order valence-corrected chi connectivity index (χ0v) is 14.8. The molecule has 0 spiro atoms. The van der Waals surface area contributed by atoms with Crippen LogP contribution in [0.5, 0.6) is 0 Å². The fourth-order valence-electron chi connectivity index (χ4n) is 1.73. The third kappa shape index (κ3) is 5.29. The lowest BCUT2D eigenvalue weighted by Crippen LogP contribution is -2.39. The highest BCUT2D eigenvalue weighted by Crippen LogP contribution is 2.20. The van der Waals surface area contributed by atoms with Gasteiger partial charge in [-0.1, -0.05) is 12.1 Å². The normalized spacial score (nSPS) is 15.7. The molecule has 0 saturated heterocycles. The third-order valence-electron chi connectivity index (χ3n) is 3.13. The first-order valence-corrected chi connectivity index (χ1v) is 9.31. The minimum absolute atomic E-state index is 0.0207. The number of rotatable bonds is 7. The van der Waals surface area contributed by atoms with E-state index in [0.29, 0.717) is 4.47 Å². The Balaban J connectivity index is 1.85. The van der Waals surface area contributed by atoms with E-state index in [1.807, 2.05) is 0 Å². The van der Waals surface area contributed by atoms with E-state index >= 15 is 0 Å². The number of nitrogens with one attached hydrogen (secondary N) is 2. The molecule has 2 rings (SSSR count). The molecule has 9 heteroatoms. The molecule has 1 fully saturated rings. The highest BCUT2D eigenvalue weighted by atomic mass is 79.9. The predicted octanol–water partition coefficient (Wildman–Crippen LogP) is 0.938. The Morgan fingerprint density at radius 2 is 2.00 bits per heavy atom. The Morgan fingerprint density at radius 1 is 1.35 bits per heavy atom. The summed E-state index contributed by atoms with van der Waals surface area (Å²) in [5.41, 5.74) is 0. The van der Waals surface area contributed by atoms with Crippen LogP contribution in [0.25, 0.3) is 0 Å². The summed E-state index contributed by atoms with van der Waals surface area (Å²) in [6.07, 6.45) is 0.895. The number of carbonyl (C=O) groups is 2. The first-order chi connectivity index (χ1) is 10.8. The second-order valence-electron chi connectivity index (χ2n) is 5.17. The summed E-state index contributed by atoms with van der Waals surface area (Å²) in [5.74, 6) is -1.20. The molecule has 0 aliphatic heterocycles. The van der Waals surface area contributed by atoms with Gasteiger partial charge in [0.15, 0.2) is 6.10 Å². The number of hydrogen-bond donors (Lipinski definition) is 2. The molecule has 7 nitrogen and oxygen atoms in total. The van der Waals surface area contributed by atoms with Crippen LogP contribution in [0.15, 0.2) is 33.6 Å². The zero-order valence-electron chi connectivity index (χ0n) is 12.4. The van der Waals surface area contributed by atoms with E-state index in [0.717, 1.165) is 12.8 Å². The summed E-state index contributed by atoms with van der Waals surface area (Å²) >= 11 is 3.14. The summed E-state index contributed by atoms with van der Waals surface area (Å²) in [6.45, 7) is 0.891. The Hall–Kier alpha value is -1.45. The van der Waals surface area contributed by atoms with Crippen LogP contribution in [0.1, 0.15) is 19.8 Å². The highest BCUT2D eigenvalue weighted by molar-refractivity contribution is 9.10. The maximum atomic E-state index is 12.1. The summed E-state index contributed by atoms with van der Waals surface area (Å²) in [7, 11) is -3.85. The van der Waals surface area contributed by atoms with Gasteiger partial charge in [-0.05, 0) is 47.8 Å². The minimum Gasteiger partial charge on any atom is -0.452 e. The molecule has 0 heterocycles. The number of sulfonamides is 1. The molecule has 1 aromatic rings. The molecule has 0 bridgehead atoms. The lowest BCUT2D eigenvalue weighted by molar-refractivity contribution is -0.153. The maximum Gasteiger partial charge on any atom is 0.321 e. The molecule has 0 unspecified atom stereocenters. The highest BCUT2D eigenvalue weighted by Gasteiger charge is 2.27. The van der Waals surface area contributed by atoms with Crippen LogP contribution in [-0.4, -0.2) is 39.0 Å². The smallest absolute Gasteiger partial charge is 0.321 e. The molecule has 0 radical (unpaired) electrons. The lowest BCUT2D eigenvalue weighted by Gasteiger charge is -2.13. The van der Waals surface area contributed by atoms with Gasteiger partial charge in [0.25, 0.3) is 5.91 Å². The number of benzene rings is 1. The number of amides is 1. The van der Waals surface area contributed by atoms with E-state index in [9.17, 15) is 18.0 Å². The SMILES string of the molecule is C[C@H](OC(=O)CNS(=O)(=O)c1ccccc1Br)C(=O)NC1CC1. The Kier molecular flexibility index (Phi) is 5.77. The van der Waals surface area contributed by atoms with Gasteiger partial charge in [0.05, 0.1) is 4.90 Å². The third-order valence-corrected chi connectivity index (χ3v) is 5.55. The van der Waals surface area contributed by atoms with Crippen LogP contribution in [-0.2, 0) is 24.3 Å². The molecule has 23 heavy (non-hydrogen) atoms. The van der Waals surface area contributed by atoms with Crippen molar-refractivity contribution >= 4 is 37.8 Å². The zero-order chi connectivity index (χ0) is 17.0. The minimum atomic E-state index is -3.85. The van der Waals surface area contributed by atoms with Gasteiger partial charge in [-0.15, -0.1) is 0 Å². The maximum absolute atomic E-state index is 12.1. The molecule has 1 atom stereocenters. The van der Waals surface area contributed by atoms with Crippen molar-refractivity contribution in [2.24, 2.45) is 0 Å². The molecule has 1 aliphatic rings. The Bertz CT molecular complexity index is 703. The van der Waals surface area contributed by atoms with Crippen molar-refractivity contribution < 1.29 is 22.7 Å². The Morgan fingerprint density at radius 3 is 2.61 bits per heavy atom. The van der Waals surface area contributed by atoms with E-state index in [-0.39, 0.29) is 16.8 Å². The van der Waals surface area contributed by atoms with Crippen molar-refractivity contribution in [3.63, 3.8) is 0 Å². The van der Waals surface area contributed by atoms with Crippen molar-refractivity contribution in [3.8, 4) is 0 Å². The van der Waals surface area contributed by atoms with Gasteiger partial charge in [-0.25, -0.2) is 8.42 Å². The molecule has 1 amide bonds. The van der Waals surface area contributed by atoms with E-state index in [2.05, 4.69) is 26.0 Å². The van der Waals surface area contributed by atoms with E-state index < -0.39 is 28.6 Å². The fourth-order valence-corrected chi connectivity index (χ4v) is 3.70. The summed E-state index contributed by atoms with van der Waals surface area (Å²) in [5, 5.41) is 2.70. The van der Waals surface area contributed by atoms with Crippen LogP contribution in [0.3, 0.4) is 0 Å². The summed E-state index contributed by atoms with van der Waals surface area (Å²) in [4.78, 5) is 23.4. The number of ether oxygens (including phenoxy) is 1. The van der Waals surface area contributed by atoms with Crippen molar-refractivity contribution in [2.45, 2.75) is 36.8 Å². The van der Waals surface area contributed by atoms with Crippen LogP contribution < -0.4 is 10.0 Å². The Labute approximate surface area is 143 Å². The van der Waals surface area contributed by atoms with Crippen LogP contribution in [0.2, 0.25) is 0 Å². The summed E-state index contributed by atoms with van der Waals surface area (Å²) in [6, 6.07) is 6.40. The second kappa shape index (κ2) is 7.41. The molecule has 1 aromatic carbocycles. The van der Waals surface area contributed by atoms with E-state index in [1.54, 1.807) is 18.2 Å². The largest absolute Gasteiger partial charge is 0.452 e. The first-order valence-electron chi connectivity index (χ1n) is 7.03. The van der Waals surface area contributed by atoms with Gasteiger partial charge in [0, 0.05) is 10.5 Å². The standard InChI is InChI=1S/C14H17BrN2O5S/c1-9(14(19)17-10-6-7-10)22-13(18)8-16-23(20,21)12-5-3-2-4-11(12)15/h2-5,9-10,16H,6-8H2,1H3,(H,17,19)/t9-/m0/s1. The van der Waals surface area contributed by atoms with Crippen molar-refractivity contribution in [1.82, 2.24) is 10.0 Å². The van der Waals surface area contributed by atoms with Crippen LogP contribution in [0.4, 0.5) is 0 Å². The van der Waals surface area contributed by atoms with Gasteiger partial charge < -0.3 is 10.1 Å². The monoisotopic (exact) mass is 404 g/mol. The lowest BCUT2D eigenvalue weighted by atomic mass is 10.3. The van der Waals surface area contributed by atoms with E-state index in [4.69, 9.17) is 4.74 Å². The molecular formula is C14H17BrN2O5S. The number of esters is 1. The van der Waals surface area contributed by atoms with Gasteiger partial charge in [-0.3, -0.25) is 9.59 Å².